The van der Waals surface area contributed by atoms with Gasteiger partial charge in [0.25, 0.3) is 0 Å². The average Bonchev–Trinajstić information content (AvgIpc) is 2.28. The predicted molar refractivity (Wildman–Crippen MR) is 74.4 cm³/mol. The van der Waals surface area contributed by atoms with Gasteiger partial charge in [-0.2, -0.15) is 0 Å². The number of hydrogen-bond acceptors (Lipinski definition) is 3. The van der Waals surface area contributed by atoms with Gasteiger partial charge in [0.15, 0.2) is 0 Å². The van der Waals surface area contributed by atoms with E-state index in [1.54, 1.807) is 14.0 Å². The molecule has 1 rings (SSSR count). The van der Waals surface area contributed by atoms with Gasteiger partial charge < -0.3 is 4.74 Å². The second kappa shape index (κ2) is 6.55. The molecule has 18 heavy (non-hydrogen) atoms. The fourth-order valence-electron chi connectivity index (χ4n) is 2.11. The number of benzene rings is 1. The van der Waals surface area contributed by atoms with Crippen LogP contribution in [0.3, 0.4) is 0 Å². The van der Waals surface area contributed by atoms with Gasteiger partial charge in [0.05, 0.1) is 13.7 Å². The number of rotatable bonds is 6. The molecule has 0 unspecified atom stereocenters. The van der Waals surface area contributed by atoms with E-state index in [2.05, 4.69) is 30.9 Å². The molecule has 0 spiro atoms. The summed E-state index contributed by atoms with van der Waals surface area (Å²) < 4.78 is 5.30. The molecule has 0 aliphatic rings. The molecular formula is C15H23NO2. The van der Waals surface area contributed by atoms with Gasteiger partial charge in [-0.1, -0.05) is 6.07 Å². The SMILES string of the molecule is COc1cc(C)c(CCN(C)CC(C)=O)cc1C. The molecule has 0 saturated carbocycles. The van der Waals surface area contributed by atoms with Gasteiger partial charge in [0, 0.05) is 6.54 Å². The zero-order valence-electron chi connectivity index (χ0n) is 12.0. The summed E-state index contributed by atoms with van der Waals surface area (Å²) in [4.78, 5) is 13.1. The summed E-state index contributed by atoms with van der Waals surface area (Å²) in [5, 5.41) is 0. The van der Waals surface area contributed by atoms with Crippen molar-refractivity contribution in [3.63, 3.8) is 0 Å². The molecular weight excluding hydrogens is 226 g/mol. The monoisotopic (exact) mass is 249 g/mol. The van der Waals surface area contributed by atoms with Gasteiger partial charge in [-0.25, -0.2) is 0 Å². The summed E-state index contributed by atoms with van der Waals surface area (Å²) in [5.41, 5.74) is 3.73. The number of carbonyl (C=O) groups excluding carboxylic acids is 1. The number of nitrogens with zero attached hydrogens (tertiary/aromatic N) is 1. The van der Waals surface area contributed by atoms with Crippen molar-refractivity contribution in [2.24, 2.45) is 0 Å². The zero-order chi connectivity index (χ0) is 13.7. The van der Waals surface area contributed by atoms with E-state index in [4.69, 9.17) is 4.74 Å². The molecule has 0 radical (unpaired) electrons. The fourth-order valence-corrected chi connectivity index (χ4v) is 2.11. The van der Waals surface area contributed by atoms with E-state index in [9.17, 15) is 4.79 Å². The number of carbonyl (C=O) groups is 1. The Kier molecular flexibility index (Phi) is 5.35. The number of likely N-dealkylation sites (N-methyl/N-ethyl adjacent to an activating group) is 1. The van der Waals surface area contributed by atoms with Crippen molar-refractivity contribution in [1.82, 2.24) is 4.90 Å². The van der Waals surface area contributed by atoms with Crippen molar-refractivity contribution in [1.29, 1.82) is 0 Å². The van der Waals surface area contributed by atoms with Gasteiger partial charge in [0.2, 0.25) is 0 Å². The Morgan fingerprint density at radius 2 is 1.94 bits per heavy atom. The largest absolute Gasteiger partial charge is 0.496 e. The van der Waals surface area contributed by atoms with Gasteiger partial charge in [0.1, 0.15) is 11.5 Å². The van der Waals surface area contributed by atoms with Crippen LogP contribution in [0.5, 0.6) is 5.75 Å². The lowest BCUT2D eigenvalue weighted by Gasteiger charge is -2.16. The number of ether oxygens (including phenoxy) is 1. The molecule has 0 atom stereocenters. The maximum absolute atomic E-state index is 11.0. The molecule has 1 aromatic carbocycles. The third kappa shape index (κ3) is 4.15. The van der Waals surface area contributed by atoms with E-state index in [-0.39, 0.29) is 5.78 Å². The molecule has 0 amide bonds. The molecule has 0 fully saturated rings. The van der Waals surface area contributed by atoms with Crippen LogP contribution < -0.4 is 4.74 Å². The minimum atomic E-state index is 0.208. The Morgan fingerprint density at radius 1 is 1.28 bits per heavy atom. The molecule has 0 aromatic heterocycles. The molecule has 100 valence electrons. The van der Waals surface area contributed by atoms with E-state index in [1.165, 1.54) is 11.1 Å². The van der Waals surface area contributed by atoms with Crippen molar-refractivity contribution < 1.29 is 9.53 Å². The molecule has 3 heteroatoms. The summed E-state index contributed by atoms with van der Waals surface area (Å²) in [6, 6.07) is 4.26. The summed E-state index contributed by atoms with van der Waals surface area (Å²) in [6.45, 7) is 7.20. The molecule has 0 aliphatic heterocycles. The summed E-state index contributed by atoms with van der Waals surface area (Å²) in [7, 11) is 3.68. The second-order valence-electron chi connectivity index (χ2n) is 4.94. The van der Waals surface area contributed by atoms with Crippen molar-refractivity contribution >= 4 is 5.78 Å². The first-order chi connectivity index (χ1) is 8.43. The van der Waals surface area contributed by atoms with Crippen LogP contribution in [0.1, 0.15) is 23.6 Å². The van der Waals surface area contributed by atoms with Crippen LogP contribution in [0.2, 0.25) is 0 Å². The Hall–Kier alpha value is -1.35. The van der Waals surface area contributed by atoms with Crippen LogP contribution in [0.15, 0.2) is 12.1 Å². The molecule has 0 N–H and O–H groups in total. The van der Waals surface area contributed by atoms with Crippen LogP contribution in [0.4, 0.5) is 0 Å². The lowest BCUT2D eigenvalue weighted by Crippen LogP contribution is -2.26. The lowest BCUT2D eigenvalue weighted by molar-refractivity contribution is -0.117. The number of methoxy groups -OCH3 is 1. The molecule has 0 saturated heterocycles. The number of ketones is 1. The normalized spacial score (nSPS) is 10.8. The van der Waals surface area contributed by atoms with Crippen molar-refractivity contribution in [2.45, 2.75) is 27.2 Å². The molecule has 0 bridgehead atoms. The van der Waals surface area contributed by atoms with Crippen LogP contribution in [-0.2, 0) is 11.2 Å². The molecule has 0 aliphatic carbocycles. The highest BCUT2D eigenvalue weighted by Crippen LogP contribution is 2.22. The maximum Gasteiger partial charge on any atom is 0.143 e. The van der Waals surface area contributed by atoms with Gasteiger partial charge in [-0.05, 0) is 57.0 Å². The lowest BCUT2D eigenvalue weighted by atomic mass is 10.0. The maximum atomic E-state index is 11.0. The van der Waals surface area contributed by atoms with E-state index in [0.717, 1.165) is 24.3 Å². The zero-order valence-corrected chi connectivity index (χ0v) is 12.0. The van der Waals surface area contributed by atoms with Crippen molar-refractivity contribution in [3.05, 3.63) is 28.8 Å². The third-order valence-electron chi connectivity index (χ3n) is 3.11. The smallest absolute Gasteiger partial charge is 0.143 e. The number of hydrogen-bond donors (Lipinski definition) is 0. The van der Waals surface area contributed by atoms with Gasteiger partial charge >= 0.3 is 0 Å². The Bertz CT molecular complexity index is 427. The first-order valence-electron chi connectivity index (χ1n) is 6.26. The third-order valence-corrected chi connectivity index (χ3v) is 3.11. The van der Waals surface area contributed by atoms with Crippen LogP contribution in [-0.4, -0.2) is 37.9 Å². The number of Topliss-reactive ketones (excluding diaryl/α,β-unsaturated/α-hetero) is 1. The first kappa shape index (κ1) is 14.7. The van der Waals surface area contributed by atoms with E-state index < -0.39 is 0 Å². The highest BCUT2D eigenvalue weighted by atomic mass is 16.5. The fraction of sp³-hybridized carbons (Fsp3) is 0.533. The summed E-state index contributed by atoms with van der Waals surface area (Å²) in [5.74, 6) is 1.15. The van der Waals surface area contributed by atoms with Gasteiger partial charge in [-0.15, -0.1) is 0 Å². The van der Waals surface area contributed by atoms with E-state index in [0.29, 0.717) is 6.54 Å². The van der Waals surface area contributed by atoms with Crippen molar-refractivity contribution in [2.75, 3.05) is 27.2 Å². The second-order valence-corrected chi connectivity index (χ2v) is 4.94. The number of aryl methyl sites for hydroxylation is 2. The molecule has 3 nitrogen and oxygen atoms in total. The Balaban J connectivity index is 2.68. The van der Waals surface area contributed by atoms with Crippen LogP contribution in [0.25, 0.3) is 0 Å². The van der Waals surface area contributed by atoms with E-state index in [1.807, 2.05) is 7.05 Å². The summed E-state index contributed by atoms with van der Waals surface area (Å²) >= 11 is 0. The average molecular weight is 249 g/mol. The Morgan fingerprint density at radius 3 is 2.50 bits per heavy atom. The first-order valence-corrected chi connectivity index (χ1v) is 6.26. The minimum Gasteiger partial charge on any atom is -0.496 e. The predicted octanol–water partition coefficient (Wildman–Crippen LogP) is 2.38. The highest BCUT2D eigenvalue weighted by molar-refractivity contribution is 5.77. The van der Waals surface area contributed by atoms with Gasteiger partial charge in [-0.3, -0.25) is 9.69 Å². The molecule has 0 heterocycles. The highest BCUT2D eigenvalue weighted by Gasteiger charge is 2.07. The van der Waals surface area contributed by atoms with Crippen molar-refractivity contribution in [3.8, 4) is 5.75 Å². The topological polar surface area (TPSA) is 29.5 Å². The van der Waals surface area contributed by atoms with E-state index >= 15 is 0 Å². The standard InChI is InChI=1S/C15H23NO2/c1-11-9-15(18-5)12(2)8-14(11)6-7-16(4)10-13(3)17/h8-9H,6-7,10H2,1-5H3. The van der Waals surface area contributed by atoms with Crippen LogP contribution in [0, 0.1) is 13.8 Å². The van der Waals surface area contributed by atoms with Crippen LogP contribution >= 0.6 is 0 Å². The Labute approximate surface area is 110 Å². The minimum absolute atomic E-state index is 0.208. The molecule has 1 aromatic rings. The quantitative estimate of drug-likeness (QED) is 0.775. The summed E-state index contributed by atoms with van der Waals surface area (Å²) in [6.07, 6.45) is 0.959.